The van der Waals surface area contributed by atoms with Crippen molar-refractivity contribution in [3.8, 4) is 44.5 Å². The molecule has 0 amide bonds. The Labute approximate surface area is 310 Å². The molecule has 0 N–H and O–H groups in total. The molecule has 252 valence electrons. The van der Waals surface area contributed by atoms with Gasteiger partial charge in [0.15, 0.2) is 0 Å². The number of furan rings is 1. The normalized spacial score (nSPS) is 12.9. The first-order chi connectivity index (χ1) is 26.0. The summed E-state index contributed by atoms with van der Waals surface area (Å²) >= 11 is 0. The first-order valence-electron chi connectivity index (χ1n) is 18.3. The number of nitrogens with zero attached hydrogens (tertiary/aromatic N) is 1. The van der Waals surface area contributed by atoms with E-state index in [-0.39, 0.29) is 5.41 Å². The maximum absolute atomic E-state index is 6.49. The Morgan fingerprint density at radius 3 is 1.77 bits per heavy atom. The number of benzene rings is 8. The van der Waals surface area contributed by atoms with Crippen LogP contribution >= 0.6 is 0 Å². The lowest BCUT2D eigenvalue weighted by Gasteiger charge is -2.30. The second-order valence-corrected chi connectivity index (χ2v) is 14.5. The van der Waals surface area contributed by atoms with Crippen molar-refractivity contribution >= 4 is 39.0 Å². The zero-order chi connectivity index (χ0) is 35.5. The molecular formula is C51H37NO. The number of anilines is 3. The summed E-state index contributed by atoms with van der Waals surface area (Å²) in [5.74, 6) is 0. The molecule has 0 fully saturated rings. The zero-order valence-electron chi connectivity index (χ0n) is 29.8. The topological polar surface area (TPSA) is 16.4 Å². The van der Waals surface area contributed by atoms with Crippen molar-refractivity contribution in [3.63, 3.8) is 0 Å². The second kappa shape index (κ2) is 12.3. The molecular weight excluding hydrogens is 643 g/mol. The van der Waals surface area contributed by atoms with Gasteiger partial charge in [0.2, 0.25) is 0 Å². The number of hydrogen-bond acceptors (Lipinski definition) is 2. The average molecular weight is 680 g/mol. The molecule has 53 heavy (non-hydrogen) atoms. The Morgan fingerprint density at radius 1 is 0.396 bits per heavy atom. The van der Waals surface area contributed by atoms with Crippen LogP contribution < -0.4 is 4.90 Å². The van der Waals surface area contributed by atoms with Gasteiger partial charge in [-0.1, -0.05) is 153 Å². The SMILES string of the molecule is CC1(C)c2ccccc2-c2ccc(N(c3ccc(-c4cc(-c5ccccc5)c5oc6ccccc6c5c4)cc3)c3ccccc3-c3ccccc3)cc21. The molecule has 0 saturated heterocycles. The lowest BCUT2D eigenvalue weighted by Crippen LogP contribution is -2.16. The molecule has 1 aliphatic carbocycles. The summed E-state index contributed by atoms with van der Waals surface area (Å²) in [7, 11) is 0. The van der Waals surface area contributed by atoms with Gasteiger partial charge in [0, 0.05) is 38.7 Å². The van der Waals surface area contributed by atoms with Gasteiger partial charge < -0.3 is 9.32 Å². The van der Waals surface area contributed by atoms with Crippen molar-refractivity contribution in [2.45, 2.75) is 19.3 Å². The van der Waals surface area contributed by atoms with E-state index in [0.29, 0.717) is 0 Å². The molecule has 1 heterocycles. The van der Waals surface area contributed by atoms with Crippen molar-refractivity contribution in [1.29, 1.82) is 0 Å². The summed E-state index contributed by atoms with van der Waals surface area (Å²) in [4.78, 5) is 2.42. The molecule has 0 bridgehead atoms. The van der Waals surface area contributed by atoms with Crippen molar-refractivity contribution in [1.82, 2.24) is 0 Å². The fraction of sp³-hybridized carbons (Fsp3) is 0.0588. The number of para-hydroxylation sites is 2. The second-order valence-electron chi connectivity index (χ2n) is 14.5. The van der Waals surface area contributed by atoms with Gasteiger partial charge in [-0.15, -0.1) is 0 Å². The van der Waals surface area contributed by atoms with E-state index >= 15 is 0 Å². The summed E-state index contributed by atoms with van der Waals surface area (Å²) in [6.07, 6.45) is 0. The molecule has 1 aliphatic rings. The highest BCUT2D eigenvalue weighted by Gasteiger charge is 2.36. The lowest BCUT2D eigenvalue weighted by molar-refractivity contribution is 0.660. The van der Waals surface area contributed by atoms with E-state index in [4.69, 9.17) is 4.42 Å². The van der Waals surface area contributed by atoms with Crippen LogP contribution in [-0.2, 0) is 5.41 Å². The first-order valence-corrected chi connectivity index (χ1v) is 18.3. The minimum Gasteiger partial charge on any atom is -0.455 e. The fourth-order valence-corrected chi connectivity index (χ4v) is 8.42. The Kier molecular flexibility index (Phi) is 7.19. The highest BCUT2D eigenvalue weighted by atomic mass is 16.3. The Hall–Kier alpha value is -6.64. The maximum atomic E-state index is 6.49. The first kappa shape index (κ1) is 31.1. The molecule has 0 saturated carbocycles. The lowest BCUT2D eigenvalue weighted by atomic mass is 9.82. The van der Waals surface area contributed by atoms with Crippen LogP contribution in [0.25, 0.3) is 66.4 Å². The van der Waals surface area contributed by atoms with Crippen LogP contribution in [0.4, 0.5) is 17.1 Å². The van der Waals surface area contributed by atoms with E-state index in [9.17, 15) is 0 Å². The molecule has 0 radical (unpaired) electrons. The predicted octanol–water partition coefficient (Wildman–Crippen LogP) is 14.4. The zero-order valence-corrected chi connectivity index (χ0v) is 29.8. The standard InChI is InChI=1S/C51H37NO/c1-51(2)46-22-12-9-20-41(46)42-30-29-39(33-47(42)51)52(48-23-13-10-19-40(48)35-15-5-3-6-16-35)38-27-25-34(26-28-38)37-31-44(36-17-7-4-8-18-36)50-45(32-37)43-21-11-14-24-49(43)53-50/h3-33H,1-2H3. The Bertz CT molecular complexity index is 2790. The molecule has 8 aromatic carbocycles. The van der Waals surface area contributed by atoms with E-state index < -0.39 is 0 Å². The van der Waals surface area contributed by atoms with Crippen molar-refractivity contribution in [2.24, 2.45) is 0 Å². The van der Waals surface area contributed by atoms with Gasteiger partial charge in [0.1, 0.15) is 11.2 Å². The molecule has 2 heteroatoms. The average Bonchev–Trinajstić information content (AvgIpc) is 3.70. The van der Waals surface area contributed by atoms with Gasteiger partial charge in [-0.2, -0.15) is 0 Å². The third kappa shape index (κ3) is 5.10. The number of fused-ring (bicyclic) bond motifs is 6. The summed E-state index contributed by atoms with van der Waals surface area (Å²) in [6, 6.07) is 67.8. The molecule has 0 atom stereocenters. The van der Waals surface area contributed by atoms with Gasteiger partial charge in [-0.25, -0.2) is 0 Å². The van der Waals surface area contributed by atoms with E-state index in [2.05, 4.69) is 201 Å². The van der Waals surface area contributed by atoms with E-state index in [1.165, 1.54) is 33.4 Å². The van der Waals surface area contributed by atoms with E-state index in [0.717, 1.165) is 61.3 Å². The van der Waals surface area contributed by atoms with Crippen LogP contribution in [0.1, 0.15) is 25.0 Å². The predicted molar refractivity (Wildman–Crippen MR) is 222 cm³/mol. The van der Waals surface area contributed by atoms with Gasteiger partial charge >= 0.3 is 0 Å². The van der Waals surface area contributed by atoms with Crippen molar-refractivity contribution in [2.75, 3.05) is 4.90 Å². The quantitative estimate of drug-likeness (QED) is 0.174. The smallest absolute Gasteiger partial charge is 0.143 e. The minimum absolute atomic E-state index is 0.108. The van der Waals surface area contributed by atoms with Crippen LogP contribution in [0, 0.1) is 0 Å². The third-order valence-electron chi connectivity index (χ3n) is 11.1. The highest BCUT2D eigenvalue weighted by molar-refractivity contribution is 6.11. The van der Waals surface area contributed by atoms with Crippen LogP contribution in [0.3, 0.4) is 0 Å². The van der Waals surface area contributed by atoms with E-state index in [1.54, 1.807) is 0 Å². The Balaban J connectivity index is 1.14. The summed E-state index contributed by atoms with van der Waals surface area (Å²) in [5.41, 5.74) is 17.4. The summed E-state index contributed by atoms with van der Waals surface area (Å²) < 4.78 is 6.49. The molecule has 0 unspecified atom stereocenters. The summed E-state index contributed by atoms with van der Waals surface area (Å²) in [6.45, 7) is 4.70. The van der Waals surface area contributed by atoms with Gasteiger partial charge in [0.05, 0.1) is 5.69 Å². The van der Waals surface area contributed by atoms with Crippen molar-refractivity contribution in [3.05, 3.63) is 199 Å². The molecule has 0 aliphatic heterocycles. The highest BCUT2D eigenvalue weighted by Crippen LogP contribution is 2.51. The Morgan fingerprint density at radius 2 is 1.00 bits per heavy atom. The van der Waals surface area contributed by atoms with Gasteiger partial charge in [-0.3, -0.25) is 0 Å². The number of hydrogen-bond donors (Lipinski definition) is 0. The molecule has 1 aromatic heterocycles. The summed E-state index contributed by atoms with van der Waals surface area (Å²) in [5, 5.41) is 2.25. The minimum atomic E-state index is -0.108. The third-order valence-corrected chi connectivity index (χ3v) is 11.1. The number of rotatable bonds is 6. The molecule has 2 nitrogen and oxygen atoms in total. The fourth-order valence-electron chi connectivity index (χ4n) is 8.42. The van der Waals surface area contributed by atoms with Crippen LogP contribution in [0.2, 0.25) is 0 Å². The van der Waals surface area contributed by atoms with Crippen LogP contribution in [0.15, 0.2) is 192 Å². The van der Waals surface area contributed by atoms with Gasteiger partial charge in [-0.05, 0) is 93.0 Å². The largest absolute Gasteiger partial charge is 0.455 e. The van der Waals surface area contributed by atoms with Gasteiger partial charge in [0.25, 0.3) is 0 Å². The monoisotopic (exact) mass is 679 g/mol. The van der Waals surface area contributed by atoms with Crippen LogP contribution in [0.5, 0.6) is 0 Å². The van der Waals surface area contributed by atoms with Crippen LogP contribution in [-0.4, -0.2) is 0 Å². The van der Waals surface area contributed by atoms with Crippen molar-refractivity contribution < 1.29 is 4.42 Å². The van der Waals surface area contributed by atoms with E-state index in [1.807, 2.05) is 6.07 Å². The molecule has 9 aromatic rings. The maximum Gasteiger partial charge on any atom is 0.143 e. The molecule has 0 spiro atoms. The molecule has 10 rings (SSSR count).